The van der Waals surface area contributed by atoms with Crippen molar-refractivity contribution in [3.63, 3.8) is 0 Å². The van der Waals surface area contributed by atoms with E-state index in [2.05, 4.69) is 20.5 Å². The summed E-state index contributed by atoms with van der Waals surface area (Å²) in [6.07, 6.45) is 0. The number of rotatable bonds is 4. The van der Waals surface area contributed by atoms with E-state index in [1.54, 1.807) is 24.3 Å². The molecule has 7 heteroatoms. The van der Waals surface area contributed by atoms with Gasteiger partial charge in [-0.1, -0.05) is 71.2 Å². The molecule has 0 saturated carbocycles. The van der Waals surface area contributed by atoms with E-state index in [1.165, 1.54) is 23.3 Å². The molecule has 0 fully saturated rings. The predicted octanol–water partition coefficient (Wildman–Crippen LogP) is 7.58. The van der Waals surface area contributed by atoms with Gasteiger partial charge in [-0.05, 0) is 75.2 Å². The summed E-state index contributed by atoms with van der Waals surface area (Å²) in [6.45, 7) is 7.86. The number of benzene rings is 4. The zero-order chi connectivity index (χ0) is 24.5. The van der Waals surface area contributed by atoms with Crippen molar-refractivity contribution in [3.8, 4) is 11.5 Å². The van der Waals surface area contributed by atoms with Gasteiger partial charge in [0.25, 0.3) is 0 Å². The van der Waals surface area contributed by atoms with E-state index in [9.17, 15) is 10.2 Å². The minimum Gasteiger partial charge on any atom is -0.871 e. The van der Waals surface area contributed by atoms with Gasteiger partial charge in [-0.25, -0.2) is 0 Å². The predicted molar refractivity (Wildman–Crippen MR) is 132 cm³/mol. The molecular formula is C28H26N4NiO2. The summed E-state index contributed by atoms with van der Waals surface area (Å²) in [7, 11) is 0. The SMILES string of the molecule is Cc1ccc(N=Nc2cc(C)ccc2[O-])cc1.Cc1ccc(N=Nc2cc(C)ccc2[O-])cc1.[Ni+2]. The fourth-order valence-corrected chi connectivity index (χ4v) is 2.86. The van der Waals surface area contributed by atoms with E-state index in [1.807, 2.05) is 76.2 Å². The van der Waals surface area contributed by atoms with Crippen molar-refractivity contribution in [3.05, 3.63) is 107 Å². The molecule has 35 heavy (non-hydrogen) atoms. The van der Waals surface area contributed by atoms with E-state index >= 15 is 0 Å². The summed E-state index contributed by atoms with van der Waals surface area (Å²) < 4.78 is 0. The zero-order valence-corrected chi connectivity index (χ0v) is 21.0. The minimum absolute atomic E-state index is 0. The molecule has 0 aromatic heterocycles. The fourth-order valence-electron chi connectivity index (χ4n) is 2.86. The summed E-state index contributed by atoms with van der Waals surface area (Å²) in [5.41, 5.74) is 6.60. The fraction of sp³-hybridized carbons (Fsp3) is 0.143. The molecule has 0 aliphatic rings. The molecule has 0 aliphatic carbocycles. The van der Waals surface area contributed by atoms with Crippen molar-refractivity contribution in [1.82, 2.24) is 0 Å². The van der Waals surface area contributed by atoms with Gasteiger partial charge in [0.1, 0.15) is 0 Å². The largest absolute Gasteiger partial charge is 2.00 e. The average Bonchev–Trinajstić information content (AvgIpc) is 2.83. The van der Waals surface area contributed by atoms with Crippen LogP contribution >= 0.6 is 0 Å². The summed E-state index contributed by atoms with van der Waals surface area (Å²) >= 11 is 0. The Morgan fingerprint density at radius 3 is 1.09 bits per heavy atom. The summed E-state index contributed by atoms with van der Waals surface area (Å²) in [4.78, 5) is 0. The molecule has 6 nitrogen and oxygen atoms in total. The maximum atomic E-state index is 11.5. The second-order valence-corrected chi connectivity index (χ2v) is 8.01. The van der Waals surface area contributed by atoms with Gasteiger partial charge in [0, 0.05) is 0 Å². The Morgan fingerprint density at radius 1 is 0.429 bits per heavy atom. The van der Waals surface area contributed by atoms with Gasteiger partial charge < -0.3 is 10.2 Å². The molecule has 0 radical (unpaired) electrons. The molecule has 4 rings (SSSR count). The quantitative estimate of drug-likeness (QED) is 0.209. The van der Waals surface area contributed by atoms with Crippen molar-refractivity contribution in [2.45, 2.75) is 27.7 Å². The van der Waals surface area contributed by atoms with E-state index in [0.717, 1.165) is 22.5 Å². The van der Waals surface area contributed by atoms with Crippen LogP contribution in [0, 0.1) is 27.7 Å². The Balaban J connectivity index is 0.000000240. The van der Waals surface area contributed by atoms with Crippen LogP contribution in [0.25, 0.3) is 0 Å². The molecule has 0 bridgehead atoms. The van der Waals surface area contributed by atoms with Crippen LogP contribution in [0.15, 0.2) is 105 Å². The average molecular weight is 509 g/mol. The maximum Gasteiger partial charge on any atom is 2.00 e. The van der Waals surface area contributed by atoms with E-state index in [-0.39, 0.29) is 28.0 Å². The van der Waals surface area contributed by atoms with Crippen LogP contribution in [0.1, 0.15) is 22.3 Å². The number of aryl methyl sites for hydroxylation is 4. The van der Waals surface area contributed by atoms with Crippen LogP contribution in [0.3, 0.4) is 0 Å². The second kappa shape index (κ2) is 13.2. The number of nitrogens with zero attached hydrogens (tertiary/aromatic N) is 4. The molecule has 0 aliphatic heterocycles. The van der Waals surface area contributed by atoms with Crippen LogP contribution in [0.5, 0.6) is 11.5 Å². The molecule has 0 saturated heterocycles. The van der Waals surface area contributed by atoms with Crippen LogP contribution < -0.4 is 10.2 Å². The topological polar surface area (TPSA) is 95.6 Å². The van der Waals surface area contributed by atoms with Crippen LogP contribution in [0.4, 0.5) is 22.7 Å². The molecule has 0 N–H and O–H groups in total. The van der Waals surface area contributed by atoms with Gasteiger partial charge in [-0.2, -0.15) is 20.5 Å². The van der Waals surface area contributed by atoms with Gasteiger partial charge in [0.15, 0.2) is 0 Å². The van der Waals surface area contributed by atoms with Crippen LogP contribution in [0.2, 0.25) is 0 Å². The smallest absolute Gasteiger partial charge is 0.871 e. The molecule has 0 spiro atoms. The molecule has 4 aromatic rings. The molecule has 0 atom stereocenters. The van der Waals surface area contributed by atoms with Crippen LogP contribution in [-0.2, 0) is 16.5 Å². The molecule has 4 aromatic carbocycles. The number of azo groups is 2. The zero-order valence-electron chi connectivity index (χ0n) is 20.0. The van der Waals surface area contributed by atoms with Gasteiger partial charge >= 0.3 is 16.5 Å². The first-order chi connectivity index (χ1) is 16.3. The van der Waals surface area contributed by atoms with Gasteiger partial charge in [-0.3, -0.25) is 0 Å². The third kappa shape index (κ3) is 8.80. The molecular weight excluding hydrogens is 483 g/mol. The Bertz CT molecular complexity index is 1200. The van der Waals surface area contributed by atoms with Gasteiger partial charge in [-0.15, -0.1) is 0 Å². The maximum absolute atomic E-state index is 11.5. The van der Waals surface area contributed by atoms with Crippen molar-refractivity contribution in [1.29, 1.82) is 0 Å². The van der Waals surface area contributed by atoms with Gasteiger partial charge in [0.2, 0.25) is 0 Å². The Kier molecular flexibility index (Phi) is 10.3. The molecule has 180 valence electrons. The standard InChI is InChI=1S/2C14H14N2O.Ni/c2*1-10-3-6-12(7-4-10)15-16-13-9-11(2)5-8-14(13)17;/h2*3-9,17H,1-2H3;/q;;+2/p-2. The van der Waals surface area contributed by atoms with Crippen molar-refractivity contribution in [2.75, 3.05) is 0 Å². The Labute approximate surface area is 216 Å². The first kappa shape index (κ1) is 27.4. The number of hydrogen-bond acceptors (Lipinski definition) is 6. The van der Waals surface area contributed by atoms with E-state index in [0.29, 0.717) is 11.4 Å². The first-order valence-corrected chi connectivity index (χ1v) is 10.8. The van der Waals surface area contributed by atoms with E-state index < -0.39 is 0 Å². The Hall–Kier alpha value is -3.83. The van der Waals surface area contributed by atoms with E-state index in [4.69, 9.17) is 0 Å². The van der Waals surface area contributed by atoms with Gasteiger partial charge in [0.05, 0.1) is 22.7 Å². The monoisotopic (exact) mass is 508 g/mol. The molecule has 0 heterocycles. The first-order valence-electron chi connectivity index (χ1n) is 10.8. The van der Waals surface area contributed by atoms with Crippen LogP contribution in [-0.4, -0.2) is 0 Å². The Morgan fingerprint density at radius 2 is 0.743 bits per heavy atom. The minimum atomic E-state index is -0.105. The normalized spacial score (nSPS) is 10.6. The molecule has 0 amide bonds. The third-order valence-corrected chi connectivity index (χ3v) is 4.84. The summed E-state index contributed by atoms with van der Waals surface area (Å²) in [5, 5.41) is 39.0. The summed E-state index contributed by atoms with van der Waals surface area (Å²) in [6, 6.07) is 25.4. The second-order valence-electron chi connectivity index (χ2n) is 8.01. The van der Waals surface area contributed by atoms with Crippen molar-refractivity contribution >= 4 is 22.7 Å². The number of hydrogen-bond donors (Lipinski definition) is 0. The van der Waals surface area contributed by atoms with Crippen molar-refractivity contribution in [2.24, 2.45) is 20.5 Å². The van der Waals surface area contributed by atoms with Crippen molar-refractivity contribution < 1.29 is 26.7 Å². The molecule has 0 unspecified atom stereocenters. The third-order valence-electron chi connectivity index (χ3n) is 4.84. The summed E-state index contributed by atoms with van der Waals surface area (Å²) in [5.74, 6) is -0.210.